The fraction of sp³-hybridized carbons (Fsp3) is 0.826. The molecular weight excluding hydrogens is 276 g/mol. The van der Waals surface area contributed by atoms with Crippen LogP contribution < -0.4 is 0 Å². The molecule has 2 rings (SSSR count). The lowest BCUT2D eigenvalue weighted by Gasteiger charge is -2.27. The van der Waals surface area contributed by atoms with Gasteiger partial charge in [0.1, 0.15) is 0 Å². The van der Waals surface area contributed by atoms with E-state index in [9.17, 15) is 0 Å². The van der Waals surface area contributed by atoms with Gasteiger partial charge in [0.15, 0.2) is 0 Å². The Balaban J connectivity index is 1.55. The minimum atomic E-state index is 0.889. The Kier molecular flexibility index (Phi) is 9.09. The molecule has 132 valence electrons. The average molecular weight is 317 g/mol. The van der Waals surface area contributed by atoms with Crippen molar-refractivity contribution in [3.8, 4) is 0 Å². The van der Waals surface area contributed by atoms with Gasteiger partial charge in [0.25, 0.3) is 0 Å². The van der Waals surface area contributed by atoms with E-state index in [0.29, 0.717) is 0 Å². The number of allylic oxidation sites excluding steroid dienone is 4. The van der Waals surface area contributed by atoms with Crippen molar-refractivity contribution in [3.05, 3.63) is 24.3 Å². The zero-order valence-electron chi connectivity index (χ0n) is 15.8. The summed E-state index contributed by atoms with van der Waals surface area (Å²) >= 11 is 0. The van der Waals surface area contributed by atoms with Crippen LogP contribution in [0.25, 0.3) is 0 Å². The summed E-state index contributed by atoms with van der Waals surface area (Å²) in [6, 6.07) is 0. The summed E-state index contributed by atoms with van der Waals surface area (Å²) in [7, 11) is 0. The van der Waals surface area contributed by atoms with Crippen molar-refractivity contribution in [2.24, 2.45) is 23.7 Å². The smallest absolute Gasteiger partial charge is 0.0233 e. The predicted molar refractivity (Wildman–Crippen MR) is 104 cm³/mol. The molecule has 0 N–H and O–H groups in total. The largest absolute Gasteiger partial charge is 0.0885 e. The molecule has 0 aliphatic heterocycles. The van der Waals surface area contributed by atoms with Crippen LogP contribution in [0.3, 0.4) is 0 Å². The maximum atomic E-state index is 2.57. The fourth-order valence-electron chi connectivity index (χ4n) is 4.70. The van der Waals surface area contributed by atoms with Crippen LogP contribution in [0.5, 0.6) is 0 Å². The van der Waals surface area contributed by atoms with Crippen LogP contribution in [0.1, 0.15) is 97.3 Å². The third kappa shape index (κ3) is 7.27. The topological polar surface area (TPSA) is 0 Å². The van der Waals surface area contributed by atoms with E-state index in [-0.39, 0.29) is 0 Å². The Labute approximate surface area is 145 Å². The highest BCUT2D eigenvalue weighted by molar-refractivity contribution is 4.93. The molecule has 0 bridgehead atoms. The number of rotatable bonds is 8. The third-order valence-corrected chi connectivity index (χ3v) is 6.27. The van der Waals surface area contributed by atoms with E-state index in [1.807, 2.05) is 0 Å². The highest BCUT2D eigenvalue weighted by atomic mass is 14.3. The van der Waals surface area contributed by atoms with E-state index < -0.39 is 0 Å². The minimum Gasteiger partial charge on any atom is -0.0885 e. The van der Waals surface area contributed by atoms with Gasteiger partial charge in [-0.2, -0.15) is 0 Å². The molecule has 0 heteroatoms. The summed E-state index contributed by atoms with van der Waals surface area (Å²) in [4.78, 5) is 0. The fourth-order valence-corrected chi connectivity index (χ4v) is 4.70. The van der Waals surface area contributed by atoms with Crippen molar-refractivity contribution in [3.63, 3.8) is 0 Å². The van der Waals surface area contributed by atoms with E-state index in [0.717, 1.165) is 23.7 Å². The lowest BCUT2D eigenvalue weighted by atomic mass is 9.79. The van der Waals surface area contributed by atoms with Gasteiger partial charge in [-0.05, 0) is 94.3 Å². The normalized spacial score (nSPS) is 32.8. The van der Waals surface area contributed by atoms with Crippen LogP contribution >= 0.6 is 0 Å². The Morgan fingerprint density at radius 3 is 1.70 bits per heavy atom. The molecular formula is C23H40. The standard InChI is InChI=1S/C23H40/c1-3-5-9-21-16-18-23(19-17-21)11-7-6-10-22-14-12-20(8-4-2)13-15-22/h5-6,9-10,20-23H,3-4,7-8,11-19H2,1-2H3/b9-5+,10-6+/t20-,21-,22-,23-. The SMILES string of the molecule is CC/C=C/[C@H]1CC[C@H](CC/C=C/[C@H]2CC[C@H](CCC)CC2)CC1. The molecule has 0 saturated heterocycles. The van der Waals surface area contributed by atoms with E-state index in [1.165, 1.54) is 83.5 Å². The molecule has 2 aliphatic rings. The van der Waals surface area contributed by atoms with E-state index >= 15 is 0 Å². The average Bonchev–Trinajstić information content (AvgIpc) is 2.59. The molecule has 2 aliphatic carbocycles. The molecule has 0 atom stereocenters. The Morgan fingerprint density at radius 2 is 1.17 bits per heavy atom. The van der Waals surface area contributed by atoms with Gasteiger partial charge in [-0.3, -0.25) is 0 Å². The van der Waals surface area contributed by atoms with Crippen LogP contribution in [0, 0.1) is 23.7 Å². The van der Waals surface area contributed by atoms with Crippen molar-refractivity contribution in [2.45, 2.75) is 97.3 Å². The quantitative estimate of drug-likeness (QED) is 0.402. The van der Waals surface area contributed by atoms with E-state index in [4.69, 9.17) is 0 Å². The summed E-state index contributed by atoms with van der Waals surface area (Å²) in [5, 5.41) is 0. The van der Waals surface area contributed by atoms with Crippen molar-refractivity contribution in [1.29, 1.82) is 0 Å². The Bertz CT molecular complexity index is 335. The van der Waals surface area contributed by atoms with Gasteiger partial charge in [0.05, 0.1) is 0 Å². The Hall–Kier alpha value is -0.520. The maximum absolute atomic E-state index is 2.57. The second-order valence-corrected chi connectivity index (χ2v) is 8.19. The van der Waals surface area contributed by atoms with Gasteiger partial charge in [-0.25, -0.2) is 0 Å². The molecule has 0 aromatic rings. The molecule has 23 heavy (non-hydrogen) atoms. The van der Waals surface area contributed by atoms with Crippen LogP contribution in [0.4, 0.5) is 0 Å². The van der Waals surface area contributed by atoms with E-state index in [2.05, 4.69) is 38.2 Å². The van der Waals surface area contributed by atoms with Gasteiger partial charge in [0.2, 0.25) is 0 Å². The van der Waals surface area contributed by atoms with Crippen molar-refractivity contribution in [1.82, 2.24) is 0 Å². The molecule has 0 spiro atoms. The molecule has 0 amide bonds. The first-order valence-corrected chi connectivity index (χ1v) is 10.6. The maximum Gasteiger partial charge on any atom is -0.0233 e. The van der Waals surface area contributed by atoms with Crippen LogP contribution in [-0.2, 0) is 0 Å². The molecule has 0 aromatic heterocycles. The summed E-state index contributed by atoms with van der Waals surface area (Å²) in [5.74, 6) is 3.84. The van der Waals surface area contributed by atoms with Crippen LogP contribution in [-0.4, -0.2) is 0 Å². The minimum absolute atomic E-state index is 0.889. The van der Waals surface area contributed by atoms with E-state index in [1.54, 1.807) is 0 Å². The monoisotopic (exact) mass is 316 g/mol. The van der Waals surface area contributed by atoms with Crippen molar-refractivity contribution < 1.29 is 0 Å². The summed E-state index contributed by atoms with van der Waals surface area (Å²) < 4.78 is 0. The molecule has 0 radical (unpaired) electrons. The van der Waals surface area contributed by atoms with Crippen LogP contribution in [0.2, 0.25) is 0 Å². The predicted octanol–water partition coefficient (Wildman–Crippen LogP) is 7.70. The summed E-state index contributed by atoms with van der Waals surface area (Å²) in [6.07, 6.45) is 28.4. The Morgan fingerprint density at radius 1 is 0.652 bits per heavy atom. The summed E-state index contributed by atoms with van der Waals surface area (Å²) in [5.41, 5.74) is 0. The first kappa shape index (κ1) is 18.8. The third-order valence-electron chi connectivity index (χ3n) is 6.27. The first-order valence-electron chi connectivity index (χ1n) is 10.6. The number of hydrogen-bond acceptors (Lipinski definition) is 0. The van der Waals surface area contributed by atoms with Gasteiger partial charge in [-0.1, -0.05) is 51.0 Å². The van der Waals surface area contributed by atoms with Gasteiger partial charge in [-0.15, -0.1) is 0 Å². The highest BCUT2D eigenvalue weighted by Gasteiger charge is 2.20. The van der Waals surface area contributed by atoms with Crippen molar-refractivity contribution >= 4 is 0 Å². The second kappa shape index (κ2) is 11.1. The molecule has 0 aromatic carbocycles. The highest BCUT2D eigenvalue weighted by Crippen LogP contribution is 2.34. The van der Waals surface area contributed by atoms with Gasteiger partial charge >= 0.3 is 0 Å². The van der Waals surface area contributed by atoms with Gasteiger partial charge in [0, 0.05) is 0 Å². The molecule has 0 heterocycles. The summed E-state index contributed by atoms with van der Waals surface area (Å²) in [6.45, 7) is 4.57. The second-order valence-electron chi connectivity index (χ2n) is 8.19. The first-order chi connectivity index (χ1) is 11.3. The lowest BCUT2D eigenvalue weighted by molar-refractivity contribution is 0.291. The number of hydrogen-bond donors (Lipinski definition) is 0. The zero-order chi connectivity index (χ0) is 16.3. The molecule has 2 saturated carbocycles. The zero-order valence-corrected chi connectivity index (χ0v) is 15.8. The molecule has 0 unspecified atom stereocenters. The lowest BCUT2D eigenvalue weighted by Crippen LogP contribution is -2.13. The molecule has 2 fully saturated rings. The van der Waals surface area contributed by atoms with Gasteiger partial charge < -0.3 is 0 Å². The van der Waals surface area contributed by atoms with Crippen LogP contribution in [0.15, 0.2) is 24.3 Å². The van der Waals surface area contributed by atoms with Crippen molar-refractivity contribution in [2.75, 3.05) is 0 Å². The molecule has 0 nitrogen and oxygen atoms in total.